The number of amides is 2. The highest BCUT2D eigenvalue weighted by atomic mass is 35.5. The Morgan fingerprint density at radius 2 is 1.74 bits per heavy atom. The van der Waals surface area contributed by atoms with Crippen LogP contribution in [0.4, 0.5) is 10.5 Å². The highest BCUT2D eigenvalue weighted by molar-refractivity contribution is 7.98. The van der Waals surface area contributed by atoms with Crippen LogP contribution in [0.15, 0.2) is 71.9 Å². The van der Waals surface area contributed by atoms with Crippen molar-refractivity contribution in [3.05, 3.63) is 99.8 Å². The second-order valence-electron chi connectivity index (χ2n) is 8.51. The van der Waals surface area contributed by atoms with Gasteiger partial charge in [0.15, 0.2) is 11.0 Å². The summed E-state index contributed by atoms with van der Waals surface area (Å²) < 4.78 is 2.01. The van der Waals surface area contributed by atoms with Crippen molar-refractivity contribution in [2.45, 2.75) is 44.6 Å². The Labute approximate surface area is 215 Å². The van der Waals surface area contributed by atoms with Gasteiger partial charge >= 0.3 is 6.03 Å². The minimum Gasteiger partial charge on any atom is -0.328 e. The number of nitrogens with one attached hydrogen (secondary N) is 2. The van der Waals surface area contributed by atoms with E-state index in [4.69, 9.17) is 11.6 Å². The van der Waals surface area contributed by atoms with Crippen molar-refractivity contribution in [2.75, 3.05) is 5.32 Å². The van der Waals surface area contributed by atoms with E-state index in [1.807, 2.05) is 54.8 Å². The van der Waals surface area contributed by atoms with E-state index in [9.17, 15) is 4.79 Å². The van der Waals surface area contributed by atoms with Crippen LogP contribution in [0.3, 0.4) is 0 Å². The van der Waals surface area contributed by atoms with E-state index < -0.39 is 6.04 Å². The number of hydrogen-bond acceptors (Lipinski definition) is 4. The molecule has 4 aromatic rings. The summed E-state index contributed by atoms with van der Waals surface area (Å²) in [5.41, 5.74) is 6.18. The summed E-state index contributed by atoms with van der Waals surface area (Å²) >= 11 is 7.81. The molecule has 0 aliphatic heterocycles. The Morgan fingerprint density at radius 1 is 1.00 bits per heavy atom. The number of rotatable bonds is 7. The van der Waals surface area contributed by atoms with E-state index >= 15 is 0 Å². The fraction of sp³-hybridized carbons (Fsp3) is 0.222. The first kappa shape index (κ1) is 24.8. The normalized spacial score (nSPS) is 11.8. The second kappa shape index (κ2) is 11.0. The zero-order valence-electron chi connectivity index (χ0n) is 20.2. The molecule has 1 atom stereocenters. The van der Waals surface area contributed by atoms with Crippen molar-refractivity contribution in [1.29, 1.82) is 0 Å². The van der Waals surface area contributed by atoms with Crippen LogP contribution in [0.1, 0.15) is 41.0 Å². The molecule has 180 valence electrons. The monoisotopic (exact) mass is 505 g/mol. The lowest BCUT2D eigenvalue weighted by molar-refractivity contribution is 0.249. The van der Waals surface area contributed by atoms with Crippen molar-refractivity contribution in [3.63, 3.8) is 0 Å². The van der Waals surface area contributed by atoms with Crippen molar-refractivity contribution in [2.24, 2.45) is 0 Å². The smallest absolute Gasteiger partial charge is 0.319 e. The highest BCUT2D eigenvalue weighted by Crippen LogP contribution is 2.29. The lowest BCUT2D eigenvalue weighted by atomic mass is 10.1. The highest BCUT2D eigenvalue weighted by Gasteiger charge is 2.21. The molecule has 35 heavy (non-hydrogen) atoms. The maximum absolute atomic E-state index is 12.7. The number of nitrogens with zero attached hydrogens (tertiary/aromatic N) is 3. The van der Waals surface area contributed by atoms with Crippen LogP contribution in [-0.4, -0.2) is 20.8 Å². The number of carbonyl (C=O) groups excluding carboxylic acids is 1. The van der Waals surface area contributed by atoms with Gasteiger partial charge in [-0.15, -0.1) is 10.2 Å². The van der Waals surface area contributed by atoms with Gasteiger partial charge in [0.05, 0.1) is 6.04 Å². The van der Waals surface area contributed by atoms with Crippen LogP contribution in [0.5, 0.6) is 0 Å². The lowest BCUT2D eigenvalue weighted by Crippen LogP contribution is -2.32. The fourth-order valence-electron chi connectivity index (χ4n) is 3.60. The average Bonchev–Trinajstić information content (AvgIpc) is 3.25. The number of urea groups is 1. The van der Waals surface area contributed by atoms with Gasteiger partial charge in [-0.05, 0) is 68.7 Å². The van der Waals surface area contributed by atoms with Crippen molar-refractivity contribution < 1.29 is 4.79 Å². The molecule has 1 heterocycles. The zero-order chi connectivity index (χ0) is 24.9. The van der Waals surface area contributed by atoms with E-state index in [0.717, 1.165) is 22.2 Å². The first-order valence-corrected chi connectivity index (χ1v) is 12.7. The second-order valence-corrected chi connectivity index (χ2v) is 9.86. The molecule has 0 bridgehead atoms. The predicted molar refractivity (Wildman–Crippen MR) is 144 cm³/mol. The molecular formula is C27H28ClN5OS. The summed E-state index contributed by atoms with van der Waals surface area (Å²) in [6.07, 6.45) is 0. The minimum absolute atomic E-state index is 0.343. The standard InChI is InChI=1S/C27H28ClN5OS/c1-17-9-13-23(14-10-17)33-25(31-32-27(33)35-16-21-8-6-5-7-18(21)2)20(4)29-26(34)30-22-12-11-19(3)24(28)15-22/h5-15,20H,16H2,1-4H3,(H2,29,30,34). The predicted octanol–water partition coefficient (Wildman–Crippen LogP) is 7.02. The topological polar surface area (TPSA) is 71.8 Å². The van der Waals surface area contributed by atoms with Crippen LogP contribution in [-0.2, 0) is 5.75 Å². The summed E-state index contributed by atoms with van der Waals surface area (Å²) in [6.45, 7) is 7.97. The van der Waals surface area contributed by atoms with Crippen LogP contribution in [0.25, 0.3) is 5.69 Å². The molecule has 0 fully saturated rings. The van der Waals surface area contributed by atoms with E-state index in [1.165, 1.54) is 16.7 Å². The van der Waals surface area contributed by atoms with Gasteiger partial charge in [0, 0.05) is 22.2 Å². The molecule has 0 aliphatic rings. The van der Waals surface area contributed by atoms with Crippen LogP contribution in [0, 0.1) is 20.8 Å². The van der Waals surface area contributed by atoms with Gasteiger partial charge in [-0.1, -0.05) is 71.4 Å². The van der Waals surface area contributed by atoms with Crippen LogP contribution in [0.2, 0.25) is 5.02 Å². The molecule has 0 spiro atoms. The first-order valence-electron chi connectivity index (χ1n) is 11.3. The molecule has 0 saturated heterocycles. The van der Waals surface area contributed by atoms with E-state index in [-0.39, 0.29) is 6.03 Å². The average molecular weight is 506 g/mol. The Bertz CT molecular complexity index is 1340. The van der Waals surface area contributed by atoms with Crippen LogP contribution < -0.4 is 10.6 Å². The summed E-state index contributed by atoms with van der Waals surface area (Å²) in [7, 11) is 0. The summed E-state index contributed by atoms with van der Waals surface area (Å²) in [4.78, 5) is 12.7. The largest absolute Gasteiger partial charge is 0.328 e. The molecule has 6 nitrogen and oxygen atoms in total. The molecule has 4 rings (SSSR count). The number of aryl methyl sites for hydroxylation is 3. The Morgan fingerprint density at radius 3 is 2.46 bits per heavy atom. The maximum atomic E-state index is 12.7. The number of carbonyl (C=O) groups is 1. The van der Waals surface area contributed by atoms with Crippen LogP contribution >= 0.6 is 23.4 Å². The van der Waals surface area contributed by atoms with Gasteiger partial charge in [0.1, 0.15) is 0 Å². The summed E-state index contributed by atoms with van der Waals surface area (Å²) in [5, 5.41) is 16.1. The third-order valence-electron chi connectivity index (χ3n) is 5.73. The van der Waals surface area contributed by atoms with Crippen molar-refractivity contribution in [3.8, 4) is 5.69 Å². The third-order valence-corrected chi connectivity index (χ3v) is 7.12. The van der Waals surface area contributed by atoms with E-state index in [1.54, 1.807) is 17.8 Å². The van der Waals surface area contributed by atoms with Gasteiger partial charge in [-0.25, -0.2) is 4.79 Å². The molecule has 0 radical (unpaired) electrons. The van der Waals surface area contributed by atoms with Gasteiger partial charge in [-0.3, -0.25) is 4.57 Å². The number of anilines is 1. The van der Waals surface area contributed by atoms with Crippen molar-refractivity contribution in [1.82, 2.24) is 20.1 Å². The van der Waals surface area contributed by atoms with Gasteiger partial charge in [0.2, 0.25) is 0 Å². The summed E-state index contributed by atoms with van der Waals surface area (Å²) in [5.74, 6) is 1.42. The molecule has 2 amide bonds. The molecule has 2 N–H and O–H groups in total. The maximum Gasteiger partial charge on any atom is 0.319 e. The first-order chi connectivity index (χ1) is 16.8. The fourth-order valence-corrected chi connectivity index (χ4v) is 4.82. The van der Waals surface area contributed by atoms with Gasteiger partial charge in [-0.2, -0.15) is 0 Å². The van der Waals surface area contributed by atoms with Gasteiger partial charge < -0.3 is 10.6 Å². The molecule has 0 saturated carbocycles. The zero-order valence-corrected chi connectivity index (χ0v) is 21.7. The summed E-state index contributed by atoms with van der Waals surface area (Å²) in [6, 6.07) is 21.2. The third kappa shape index (κ3) is 6.05. The Hall–Kier alpha value is -3.29. The number of halogens is 1. The number of hydrogen-bond donors (Lipinski definition) is 2. The molecule has 8 heteroatoms. The molecular weight excluding hydrogens is 478 g/mol. The van der Waals surface area contributed by atoms with E-state index in [2.05, 4.69) is 58.9 Å². The minimum atomic E-state index is -0.391. The quantitative estimate of drug-likeness (QED) is 0.265. The number of benzene rings is 3. The van der Waals surface area contributed by atoms with E-state index in [0.29, 0.717) is 16.5 Å². The Kier molecular flexibility index (Phi) is 7.78. The van der Waals surface area contributed by atoms with Gasteiger partial charge in [0.25, 0.3) is 0 Å². The Balaban J connectivity index is 1.57. The molecule has 1 unspecified atom stereocenters. The SMILES string of the molecule is Cc1ccc(-n2c(SCc3ccccc3C)nnc2C(C)NC(=O)Nc2ccc(C)c(Cl)c2)cc1. The van der Waals surface area contributed by atoms with Crippen molar-refractivity contribution >= 4 is 35.1 Å². The number of aromatic nitrogens is 3. The molecule has 3 aromatic carbocycles. The number of thioether (sulfide) groups is 1. The molecule has 1 aromatic heterocycles. The lowest BCUT2D eigenvalue weighted by Gasteiger charge is -2.17. The molecule has 0 aliphatic carbocycles.